The van der Waals surface area contributed by atoms with E-state index in [0.717, 1.165) is 21.4 Å². The van der Waals surface area contributed by atoms with Gasteiger partial charge >= 0.3 is 5.97 Å². The summed E-state index contributed by atoms with van der Waals surface area (Å²) in [5.41, 5.74) is 4.16. The summed E-state index contributed by atoms with van der Waals surface area (Å²) in [5, 5.41) is 55.9. The molecule has 22 nitrogen and oxygen atoms in total. The fraction of sp³-hybridized carbons (Fsp3) is 0.548. The molecular formula is C73H94ClFN6O16. The van der Waals surface area contributed by atoms with Gasteiger partial charge in [-0.15, -0.1) is 0 Å². The molecular weight excluding hydrogens is 1270 g/mol. The molecule has 4 aliphatic rings. The zero-order valence-corrected chi connectivity index (χ0v) is 57.1. The van der Waals surface area contributed by atoms with Gasteiger partial charge in [0.1, 0.15) is 65.9 Å². The van der Waals surface area contributed by atoms with Gasteiger partial charge in [0.2, 0.25) is 11.7 Å². The number of piperidine rings is 1. The number of aromatic nitrogens is 2. The lowest BCUT2D eigenvalue weighted by Crippen LogP contribution is -2.64. The van der Waals surface area contributed by atoms with E-state index in [9.17, 15) is 48.8 Å². The third-order valence-electron chi connectivity index (χ3n) is 19.5. The molecule has 9 rings (SSSR count). The number of esters is 1. The number of methoxy groups -OCH3 is 3. The average molecular weight is 1370 g/mol. The number of halogens is 2. The second-order valence-electron chi connectivity index (χ2n) is 26.5. The molecule has 3 aromatic carbocycles. The Hall–Kier alpha value is -7.03. The van der Waals surface area contributed by atoms with Crippen molar-refractivity contribution in [2.45, 2.75) is 179 Å². The van der Waals surface area contributed by atoms with E-state index in [2.05, 4.69) is 25.9 Å². The number of ketones is 2. The van der Waals surface area contributed by atoms with Crippen LogP contribution in [0.3, 0.4) is 0 Å². The van der Waals surface area contributed by atoms with Crippen molar-refractivity contribution in [2.24, 2.45) is 29.6 Å². The molecule has 24 heteroatoms. The van der Waals surface area contributed by atoms with E-state index in [1.807, 2.05) is 55.5 Å². The van der Waals surface area contributed by atoms with Crippen molar-refractivity contribution >= 4 is 63.4 Å². The fourth-order valence-corrected chi connectivity index (χ4v) is 14.1. The number of rotatable bonds is 21. The van der Waals surface area contributed by atoms with Gasteiger partial charge in [0.15, 0.2) is 0 Å². The number of nitrogens with zero attached hydrogens (tertiary/aromatic N) is 3. The Labute approximate surface area is 571 Å². The summed E-state index contributed by atoms with van der Waals surface area (Å²) in [6, 6.07) is 19.7. The Morgan fingerprint density at radius 1 is 0.897 bits per heavy atom. The molecule has 5 aromatic rings. The van der Waals surface area contributed by atoms with Gasteiger partial charge in [0, 0.05) is 107 Å². The first-order chi connectivity index (χ1) is 46.6. The van der Waals surface area contributed by atoms with Gasteiger partial charge in [0.05, 0.1) is 47.6 Å². The molecule has 1 aliphatic carbocycles. The van der Waals surface area contributed by atoms with Crippen molar-refractivity contribution in [1.29, 1.82) is 0 Å². The monoisotopic (exact) mass is 1360 g/mol. The largest absolute Gasteiger partial charge is 0.487 e. The molecule has 5 heterocycles. The number of carbonyl (C=O) groups excluding carboxylic acids is 5. The van der Waals surface area contributed by atoms with Crippen molar-refractivity contribution in [3.63, 3.8) is 0 Å². The SMILES string of the molecule is CO[C@H]1C/C(C)=C/[C@@H](CCCC(=O)NCCNCc2ccc(-c3ccc4ncnc(Nc5ccc(OCc6cccc(F)c6)c(Cl)c5)c4c3)o2)C(=O)C[C@H](O)[C@@H](C)[C@@H](/C(C)=C/[C@@H]2CC[C@@H](O)[C@H](CO)C2)OC(=O)[C@@H]2CCCCN2C(=O)C(=O)[C@]2(O)O[C@H]([C@@H](OC)C1)[C@@H](OC)C[C@H]2C. The number of hydrogen-bond donors (Lipinski definition) is 7. The first kappa shape index (κ1) is 74.2. The smallest absolute Gasteiger partial charge is 0.329 e. The summed E-state index contributed by atoms with van der Waals surface area (Å²) >= 11 is 6.61. The van der Waals surface area contributed by atoms with E-state index < -0.39 is 90.0 Å². The highest BCUT2D eigenvalue weighted by Gasteiger charge is 2.57. The zero-order chi connectivity index (χ0) is 69.5. The van der Waals surface area contributed by atoms with Crippen LogP contribution in [0.2, 0.25) is 5.02 Å². The van der Waals surface area contributed by atoms with Crippen molar-refractivity contribution in [3.8, 4) is 17.1 Å². The molecule has 1 saturated carbocycles. The summed E-state index contributed by atoms with van der Waals surface area (Å²) in [4.78, 5) is 82.0. The van der Waals surface area contributed by atoms with Crippen LogP contribution in [-0.2, 0) is 60.8 Å². The zero-order valence-electron chi connectivity index (χ0n) is 56.4. The maximum atomic E-state index is 14.8. The third-order valence-corrected chi connectivity index (χ3v) is 19.8. The molecule has 7 N–H and O–H groups in total. The van der Waals surface area contributed by atoms with Crippen LogP contribution in [-0.4, -0.2) is 167 Å². The van der Waals surface area contributed by atoms with Crippen LogP contribution >= 0.6 is 11.6 Å². The predicted octanol–water partition coefficient (Wildman–Crippen LogP) is 9.43. The molecule has 14 atom stereocenters. The maximum absolute atomic E-state index is 14.8. The quantitative estimate of drug-likeness (QED) is 0.0156. The lowest BCUT2D eigenvalue weighted by Gasteiger charge is -2.47. The van der Waals surface area contributed by atoms with Crippen molar-refractivity contribution in [3.05, 3.63) is 125 Å². The minimum atomic E-state index is -2.63. The van der Waals surface area contributed by atoms with Crippen LogP contribution in [0.25, 0.3) is 22.2 Å². The van der Waals surface area contributed by atoms with Gasteiger partial charge in [0.25, 0.3) is 11.7 Å². The number of furan rings is 1. The van der Waals surface area contributed by atoms with E-state index >= 15 is 0 Å². The number of fused-ring (bicyclic) bond motifs is 4. The molecule has 3 fully saturated rings. The van der Waals surface area contributed by atoms with E-state index in [1.165, 1.54) is 39.8 Å². The predicted molar refractivity (Wildman–Crippen MR) is 360 cm³/mol. The number of aliphatic hydroxyl groups excluding tert-OH is 3. The number of amides is 2. The molecule has 0 spiro atoms. The number of hydrogen-bond acceptors (Lipinski definition) is 20. The lowest BCUT2D eigenvalue weighted by molar-refractivity contribution is -0.303. The third kappa shape index (κ3) is 19.0. The van der Waals surface area contributed by atoms with E-state index in [-0.39, 0.29) is 87.6 Å². The molecule has 0 radical (unpaired) electrons. The van der Waals surface area contributed by atoms with Crippen LogP contribution in [0, 0.1) is 35.4 Å². The molecule has 2 amide bonds. The highest BCUT2D eigenvalue weighted by molar-refractivity contribution is 6.39. The Balaban J connectivity index is 0.850. The maximum Gasteiger partial charge on any atom is 0.329 e. The number of nitrogens with one attached hydrogen (secondary N) is 3. The van der Waals surface area contributed by atoms with E-state index in [1.54, 1.807) is 45.0 Å². The Kier molecular flexibility index (Phi) is 26.5. The number of ether oxygens (including phenoxy) is 6. The fourth-order valence-electron chi connectivity index (χ4n) is 13.9. The van der Waals surface area contributed by atoms with Crippen LogP contribution < -0.4 is 20.7 Å². The molecule has 3 aliphatic heterocycles. The standard InChI is InChI=1S/C73H94ClFN6O16/c1-42-28-48(13-11-16-66(86)77-26-25-76-38-53-20-24-62(95-53)49-18-21-57-55(34-49)70(79-41-78-57)80-52-19-23-63(56(74)35-52)94-40-47-12-10-14-51(75)33-47)61(85)37-60(84)45(4)67(43(2)30-46-17-22-59(83)50(32-46)39-82)96-72(89)58-15-8-9-27-81(58)71(88)69(87)73(90)44(3)31-64(92-6)68(97-73)65(93-7)36-54(29-42)91-5/h10,12,14,18-21,23-24,28,30,33-35,41,44-46,48,50,54,58-60,64-65,67-68,76,82-84,90H,8-9,11,13,15-17,22,25-27,29,31-32,36-40H2,1-7H3,(H,77,86)(H,78,79,80)/b42-28+,43-30+/t44-,45-,46+,48-,50+,54+,58+,59-,60+,64+,65+,67-,68+,73-/m1/s1. The molecule has 2 bridgehead atoms. The van der Waals surface area contributed by atoms with Crippen molar-refractivity contribution < 1.29 is 81.6 Å². The Bertz CT molecular complexity index is 3590. The minimum absolute atomic E-state index is 0.0139. The number of benzene rings is 3. The van der Waals surface area contributed by atoms with Crippen LogP contribution in [0.15, 0.2) is 107 Å². The number of anilines is 2. The summed E-state index contributed by atoms with van der Waals surface area (Å²) in [7, 11) is 4.48. The van der Waals surface area contributed by atoms with Gasteiger partial charge in [-0.2, -0.15) is 0 Å². The molecule has 0 unspecified atom stereocenters. The second-order valence-corrected chi connectivity index (χ2v) is 26.9. The number of Topliss-reactive ketones (excluding diaryl/α,β-unsaturated/α-hetero) is 2. The summed E-state index contributed by atoms with van der Waals surface area (Å²) < 4.78 is 56.4. The first-order valence-electron chi connectivity index (χ1n) is 33.7. The summed E-state index contributed by atoms with van der Waals surface area (Å²) in [6.07, 6.45) is 2.48. The summed E-state index contributed by atoms with van der Waals surface area (Å²) in [6.45, 7) is 7.95. The van der Waals surface area contributed by atoms with Crippen LogP contribution in [0.1, 0.15) is 122 Å². The first-order valence-corrected chi connectivity index (χ1v) is 34.1. The normalized spacial score (nSPS) is 28.8. The van der Waals surface area contributed by atoms with Crippen molar-refractivity contribution in [2.75, 3.05) is 52.9 Å². The molecule has 97 heavy (non-hydrogen) atoms. The number of allylic oxidation sites excluding steroid dienone is 2. The lowest BCUT2D eigenvalue weighted by atomic mass is 9.78. The molecule has 2 aromatic heterocycles. The highest BCUT2D eigenvalue weighted by atomic mass is 35.5. The van der Waals surface area contributed by atoms with Crippen LogP contribution in [0.5, 0.6) is 5.75 Å². The molecule has 526 valence electrons. The van der Waals surface area contributed by atoms with Crippen LogP contribution in [0.4, 0.5) is 15.9 Å². The van der Waals surface area contributed by atoms with Gasteiger partial charge < -0.3 is 74.1 Å². The van der Waals surface area contributed by atoms with E-state index in [4.69, 9.17) is 44.4 Å². The topological polar surface area (TPSA) is 300 Å². The highest BCUT2D eigenvalue weighted by Crippen LogP contribution is 2.40. The van der Waals surface area contributed by atoms with Gasteiger partial charge in [-0.1, -0.05) is 55.3 Å². The number of carbonyl (C=O) groups is 5. The van der Waals surface area contributed by atoms with E-state index in [0.29, 0.717) is 115 Å². The van der Waals surface area contributed by atoms with Gasteiger partial charge in [-0.25, -0.2) is 19.2 Å². The van der Waals surface area contributed by atoms with Gasteiger partial charge in [-0.3, -0.25) is 19.2 Å². The molecule has 2 saturated heterocycles. The summed E-state index contributed by atoms with van der Waals surface area (Å²) in [5.74, 6) is -7.48. The second kappa shape index (κ2) is 34.6. The Morgan fingerprint density at radius 2 is 1.69 bits per heavy atom. The minimum Gasteiger partial charge on any atom is -0.487 e. The van der Waals surface area contributed by atoms with Crippen molar-refractivity contribution in [1.82, 2.24) is 25.5 Å². The average Bonchev–Trinajstić information content (AvgIpc) is 0.893. The Morgan fingerprint density at radius 3 is 2.44 bits per heavy atom. The van der Waals surface area contributed by atoms with Gasteiger partial charge in [-0.05, 0) is 156 Å². The number of aliphatic hydroxyl groups is 4. The number of cyclic esters (lactones) is 1.